The third kappa shape index (κ3) is 3.41. The Hall–Kier alpha value is -1.17. The van der Waals surface area contributed by atoms with E-state index in [1.807, 2.05) is 43.4 Å². The number of carbonyl (C=O) groups is 1. The van der Waals surface area contributed by atoms with Crippen molar-refractivity contribution in [3.8, 4) is 0 Å². The number of carbonyl (C=O) groups excluding carboxylic acids is 1. The van der Waals surface area contributed by atoms with Crippen LogP contribution in [0.15, 0.2) is 40.2 Å². The van der Waals surface area contributed by atoms with E-state index in [1.165, 1.54) is 11.3 Å². The van der Waals surface area contributed by atoms with Crippen molar-refractivity contribution in [2.75, 3.05) is 12.4 Å². The van der Waals surface area contributed by atoms with Crippen LogP contribution in [0, 0.1) is 0 Å². The lowest BCUT2D eigenvalue weighted by Gasteiger charge is -2.06. The summed E-state index contributed by atoms with van der Waals surface area (Å²) in [5.74, 6) is -0.0766. The Kier molecular flexibility index (Phi) is 4.52. The van der Waals surface area contributed by atoms with Gasteiger partial charge in [-0.1, -0.05) is 12.1 Å². The zero-order valence-electron chi connectivity index (χ0n) is 9.87. The van der Waals surface area contributed by atoms with Gasteiger partial charge in [-0.15, -0.1) is 11.3 Å². The predicted molar refractivity (Wildman–Crippen MR) is 79.2 cm³/mol. The van der Waals surface area contributed by atoms with Crippen LogP contribution in [0.25, 0.3) is 0 Å². The van der Waals surface area contributed by atoms with Crippen molar-refractivity contribution in [2.24, 2.45) is 0 Å². The number of halogens is 1. The summed E-state index contributed by atoms with van der Waals surface area (Å²) in [5, 5.41) is 5.98. The molecule has 2 N–H and O–H groups in total. The molecule has 0 aliphatic rings. The summed E-state index contributed by atoms with van der Waals surface area (Å²) in [4.78, 5) is 12.7. The summed E-state index contributed by atoms with van der Waals surface area (Å²) in [5.41, 5.74) is 1.96. The van der Waals surface area contributed by atoms with Crippen LogP contribution in [-0.4, -0.2) is 13.0 Å². The van der Waals surface area contributed by atoms with E-state index in [9.17, 15) is 4.79 Å². The Morgan fingerprint density at radius 2 is 2.17 bits per heavy atom. The predicted octanol–water partition coefficient (Wildman–Crippen LogP) is 3.48. The molecule has 0 fully saturated rings. The normalized spacial score (nSPS) is 10.3. The molecule has 0 saturated heterocycles. The van der Waals surface area contributed by atoms with Gasteiger partial charge >= 0.3 is 0 Å². The van der Waals surface area contributed by atoms with Crippen molar-refractivity contribution in [3.05, 3.63) is 50.6 Å². The Balaban J connectivity index is 2.09. The Morgan fingerprint density at radius 1 is 1.33 bits per heavy atom. The third-order valence-corrected chi connectivity index (χ3v) is 3.99. The van der Waals surface area contributed by atoms with Gasteiger partial charge in [0.1, 0.15) is 0 Å². The highest BCUT2D eigenvalue weighted by Gasteiger charge is 2.08. The molecule has 0 aliphatic heterocycles. The number of thiophene rings is 1. The maximum atomic E-state index is 12.0. The average Bonchev–Trinajstić information content (AvgIpc) is 2.77. The lowest BCUT2D eigenvalue weighted by Crippen LogP contribution is -2.11. The van der Waals surface area contributed by atoms with Gasteiger partial charge in [0.25, 0.3) is 5.91 Å². The first-order valence-electron chi connectivity index (χ1n) is 5.49. The largest absolute Gasteiger partial charge is 0.321 e. The van der Waals surface area contributed by atoms with Gasteiger partial charge in [0.2, 0.25) is 0 Å². The maximum Gasteiger partial charge on any atom is 0.265 e. The molecule has 5 heteroatoms. The van der Waals surface area contributed by atoms with Gasteiger partial charge in [0.05, 0.1) is 8.66 Å². The summed E-state index contributed by atoms with van der Waals surface area (Å²) < 4.78 is 0.955. The molecule has 2 rings (SSSR count). The Morgan fingerprint density at radius 3 is 2.83 bits per heavy atom. The van der Waals surface area contributed by atoms with E-state index < -0.39 is 0 Å². The maximum absolute atomic E-state index is 12.0. The highest BCUT2D eigenvalue weighted by molar-refractivity contribution is 9.11. The molecular weight excluding hydrogens is 312 g/mol. The van der Waals surface area contributed by atoms with Gasteiger partial charge in [-0.05, 0) is 52.8 Å². The minimum atomic E-state index is -0.0766. The monoisotopic (exact) mass is 324 g/mol. The van der Waals surface area contributed by atoms with E-state index in [-0.39, 0.29) is 5.91 Å². The van der Waals surface area contributed by atoms with Gasteiger partial charge < -0.3 is 10.6 Å². The lowest BCUT2D eigenvalue weighted by molar-refractivity contribution is 0.103. The molecular formula is C13H13BrN2OS. The van der Waals surface area contributed by atoms with E-state index in [1.54, 1.807) is 0 Å². The number of hydrogen-bond donors (Lipinski definition) is 2. The number of amides is 1. The molecule has 0 bridgehead atoms. The topological polar surface area (TPSA) is 41.1 Å². The van der Waals surface area contributed by atoms with E-state index in [4.69, 9.17) is 0 Å². The van der Waals surface area contributed by atoms with Gasteiger partial charge in [-0.3, -0.25) is 4.79 Å². The second-order valence-corrected chi connectivity index (χ2v) is 6.25. The van der Waals surface area contributed by atoms with Crippen molar-refractivity contribution in [1.82, 2.24) is 5.32 Å². The molecule has 0 spiro atoms. The summed E-state index contributed by atoms with van der Waals surface area (Å²) in [6.45, 7) is 0.786. The first-order valence-corrected chi connectivity index (χ1v) is 7.10. The SMILES string of the molecule is CNCc1cccc(NC(=O)c2ccc(Br)s2)c1. The Bertz CT molecular complexity index is 553. The highest BCUT2D eigenvalue weighted by Crippen LogP contribution is 2.23. The van der Waals surface area contributed by atoms with Gasteiger partial charge in [0.15, 0.2) is 0 Å². The van der Waals surface area contributed by atoms with Gasteiger partial charge in [-0.25, -0.2) is 0 Å². The van der Waals surface area contributed by atoms with E-state index >= 15 is 0 Å². The fraction of sp³-hybridized carbons (Fsp3) is 0.154. The molecule has 1 heterocycles. The van der Waals surface area contributed by atoms with E-state index in [2.05, 4.69) is 26.6 Å². The van der Waals surface area contributed by atoms with Crippen molar-refractivity contribution in [1.29, 1.82) is 0 Å². The minimum absolute atomic E-state index is 0.0766. The van der Waals surface area contributed by atoms with Crippen molar-refractivity contribution >= 4 is 38.9 Å². The van der Waals surface area contributed by atoms with Crippen LogP contribution < -0.4 is 10.6 Å². The molecule has 0 radical (unpaired) electrons. The van der Waals surface area contributed by atoms with Gasteiger partial charge in [-0.2, -0.15) is 0 Å². The van der Waals surface area contributed by atoms with Crippen LogP contribution in [-0.2, 0) is 6.54 Å². The molecule has 1 aromatic heterocycles. The van der Waals surface area contributed by atoms with Crippen molar-refractivity contribution in [2.45, 2.75) is 6.54 Å². The van der Waals surface area contributed by atoms with Crippen molar-refractivity contribution < 1.29 is 4.79 Å². The zero-order chi connectivity index (χ0) is 13.0. The first-order chi connectivity index (χ1) is 8.69. The minimum Gasteiger partial charge on any atom is -0.321 e. The van der Waals surface area contributed by atoms with Crippen LogP contribution in [0.5, 0.6) is 0 Å². The van der Waals surface area contributed by atoms with E-state index in [0.717, 1.165) is 21.6 Å². The number of rotatable bonds is 4. The number of nitrogens with one attached hydrogen (secondary N) is 2. The summed E-state index contributed by atoms with van der Waals surface area (Å²) in [7, 11) is 1.90. The van der Waals surface area contributed by atoms with Crippen LogP contribution in [0.4, 0.5) is 5.69 Å². The smallest absolute Gasteiger partial charge is 0.265 e. The number of anilines is 1. The molecule has 94 valence electrons. The quantitative estimate of drug-likeness (QED) is 0.904. The molecule has 0 atom stereocenters. The fourth-order valence-electron chi connectivity index (χ4n) is 1.59. The summed E-state index contributed by atoms with van der Waals surface area (Å²) in [6, 6.07) is 11.5. The summed E-state index contributed by atoms with van der Waals surface area (Å²) >= 11 is 4.77. The lowest BCUT2D eigenvalue weighted by atomic mass is 10.2. The van der Waals surface area contributed by atoms with Crippen molar-refractivity contribution in [3.63, 3.8) is 0 Å². The molecule has 0 saturated carbocycles. The molecule has 3 nitrogen and oxygen atoms in total. The van der Waals surface area contributed by atoms with Crippen LogP contribution in [0.3, 0.4) is 0 Å². The molecule has 1 aromatic carbocycles. The second kappa shape index (κ2) is 6.13. The number of benzene rings is 1. The summed E-state index contributed by atoms with van der Waals surface area (Å²) in [6.07, 6.45) is 0. The molecule has 2 aromatic rings. The average molecular weight is 325 g/mol. The van der Waals surface area contributed by atoms with Crippen LogP contribution in [0.1, 0.15) is 15.2 Å². The molecule has 18 heavy (non-hydrogen) atoms. The second-order valence-electron chi connectivity index (χ2n) is 3.79. The Labute approximate surface area is 118 Å². The standard InChI is InChI=1S/C13H13BrN2OS/c1-15-8-9-3-2-4-10(7-9)16-13(17)11-5-6-12(14)18-11/h2-7,15H,8H2,1H3,(H,16,17). The number of hydrogen-bond acceptors (Lipinski definition) is 3. The van der Waals surface area contributed by atoms with Crippen LogP contribution >= 0.6 is 27.3 Å². The third-order valence-electron chi connectivity index (χ3n) is 2.36. The first kappa shape index (κ1) is 13.3. The van der Waals surface area contributed by atoms with Gasteiger partial charge in [0, 0.05) is 12.2 Å². The fourth-order valence-corrected chi connectivity index (χ4v) is 2.87. The van der Waals surface area contributed by atoms with Crippen LogP contribution in [0.2, 0.25) is 0 Å². The molecule has 0 aliphatic carbocycles. The van der Waals surface area contributed by atoms with E-state index in [0.29, 0.717) is 4.88 Å². The molecule has 0 unspecified atom stereocenters. The zero-order valence-corrected chi connectivity index (χ0v) is 12.3. The highest BCUT2D eigenvalue weighted by atomic mass is 79.9. The molecule has 1 amide bonds.